The Morgan fingerprint density at radius 3 is 2.48 bits per heavy atom. The number of carbonyl (C=O) groups excluding carboxylic acids is 1. The van der Waals surface area contributed by atoms with Gasteiger partial charge in [-0.3, -0.25) is 4.98 Å². The maximum atomic E-state index is 12.9. The molecule has 3 aromatic carbocycles. The predicted octanol–water partition coefficient (Wildman–Crippen LogP) is 5.95. The van der Waals surface area contributed by atoms with Crippen LogP contribution in [0.15, 0.2) is 89.5 Å². The van der Waals surface area contributed by atoms with E-state index in [2.05, 4.69) is 20.9 Å². The first-order chi connectivity index (χ1) is 14.2. The van der Waals surface area contributed by atoms with Gasteiger partial charge in [-0.25, -0.2) is 4.79 Å². The predicted molar refractivity (Wildman–Crippen MR) is 116 cm³/mol. The summed E-state index contributed by atoms with van der Waals surface area (Å²) < 4.78 is 12.1. The number of carbonyl (C=O) groups is 1. The molecule has 0 spiro atoms. The second-order valence-corrected chi connectivity index (χ2v) is 7.32. The van der Waals surface area contributed by atoms with E-state index in [-0.39, 0.29) is 0 Å². The average Bonchev–Trinajstić information content (AvgIpc) is 2.77. The van der Waals surface area contributed by atoms with Crippen LogP contribution in [0.3, 0.4) is 0 Å². The van der Waals surface area contributed by atoms with E-state index in [4.69, 9.17) is 9.47 Å². The first-order valence-corrected chi connectivity index (χ1v) is 9.90. The summed E-state index contributed by atoms with van der Waals surface area (Å²) >= 11 is 3.52. The van der Waals surface area contributed by atoms with Crippen LogP contribution in [0.4, 0.5) is 0 Å². The molecule has 0 amide bonds. The summed E-state index contributed by atoms with van der Waals surface area (Å²) in [7, 11) is 1.61. The van der Waals surface area contributed by atoms with Gasteiger partial charge in [0.1, 0.15) is 5.75 Å². The number of methoxy groups -OCH3 is 1. The van der Waals surface area contributed by atoms with Crippen molar-refractivity contribution in [3.8, 4) is 5.75 Å². The fraction of sp³-hybridized carbons (Fsp3) is 0.0833. The minimum absolute atomic E-state index is 0.405. The molecule has 1 unspecified atom stereocenters. The topological polar surface area (TPSA) is 48.4 Å². The highest BCUT2D eigenvalue weighted by molar-refractivity contribution is 9.10. The largest absolute Gasteiger partial charge is 0.496 e. The molecule has 0 bridgehead atoms. The normalized spacial score (nSPS) is 11.8. The van der Waals surface area contributed by atoms with Gasteiger partial charge in [-0.05, 0) is 57.2 Å². The molecule has 0 aliphatic heterocycles. The van der Waals surface area contributed by atoms with E-state index in [1.165, 1.54) is 0 Å². The maximum Gasteiger partial charge on any atom is 0.339 e. The number of halogens is 1. The fourth-order valence-corrected chi connectivity index (χ4v) is 3.79. The minimum atomic E-state index is -0.670. The number of hydrogen-bond acceptors (Lipinski definition) is 4. The standard InChI is InChI=1S/C24H18BrNO3/c1-28-21-12-11-18(15-20(21)25)23(29-24(27)17-8-3-2-4-9-17)22-19-10-6-5-7-16(19)13-14-26-22/h2-15,23H,1H3. The third-order valence-corrected chi connectivity index (χ3v) is 5.29. The number of rotatable bonds is 5. The van der Waals surface area contributed by atoms with Crippen molar-refractivity contribution < 1.29 is 14.3 Å². The van der Waals surface area contributed by atoms with Gasteiger partial charge in [0, 0.05) is 11.6 Å². The number of hydrogen-bond donors (Lipinski definition) is 0. The molecule has 4 aromatic rings. The van der Waals surface area contributed by atoms with Crippen molar-refractivity contribution in [1.82, 2.24) is 4.98 Å². The van der Waals surface area contributed by atoms with Gasteiger partial charge in [0.25, 0.3) is 0 Å². The molecule has 0 fully saturated rings. The van der Waals surface area contributed by atoms with E-state index < -0.39 is 12.1 Å². The van der Waals surface area contributed by atoms with Gasteiger partial charge in [-0.1, -0.05) is 48.5 Å². The first-order valence-electron chi connectivity index (χ1n) is 9.10. The number of ether oxygens (including phenoxy) is 2. The molecule has 0 saturated heterocycles. The Morgan fingerprint density at radius 1 is 0.966 bits per heavy atom. The van der Waals surface area contributed by atoms with Crippen LogP contribution in [-0.4, -0.2) is 18.1 Å². The highest BCUT2D eigenvalue weighted by atomic mass is 79.9. The second-order valence-electron chi connectivity index (χ2n) is 6.46. The lowest BCUT2D eigenvalue weighted by Gasteiger charge is -2.20. The second kappa shape index (κ2) is 8.45. The van der Waals surface area contributed by atoms with Crippen LogP contribution < -0.4 is 4.74 Å². The molecule has 0 radical (unpaired) electrons. The molecule has 144 valence electrons. The summed E-state index contributed by atoms with van der Waals surface area (Å²) in [4.78, 5) is 17.4. The van der Waals surface area contributed by atoms with Gasteiger partial charge in [0.05, 0.1) is 22.8 Å². The third kappa shape index (κ3) is 4.00. The van der Waals surface area contributed by atoms with E-state index >= 15 is 0 Å². The molecule has 4 nitrogen and oxygen atoms in total. The van der Waals surface area contributed by atoms with Gasteiger partial charge >= 0.3 is 5.97 Å². The lowest BCUT2D eigenvalue weighted by atomic mass is 10.0. The number of esters is 1. The molecule has 0 saturated carbocycles. The molecule has 0 aliphatic carbocycles. The van der Waals surface area contributed by atoms with Crippen LogP contribution in [0.5, 0.6) is 5.75 Å². The van der Waals surface area contributed by atoms with Gasteiger partial charge in [-0.15, -0.1) is 0 Å². The van der Waals surface area contributed by atoms with Gasteiger partial charge in [-0.2, -0.15) is 0 Å². The molecule has 0 aliphatic rings. The molecule has 5 heteroatoms. The van der Waals surface area contributed by atoms with Gasteiger partial charge in [0.15, 0.2) is 6.10 Å². The molecular weight excluding hydrogens is 430 g/mol. The summed E-state index contributed by atoms with van der Waals surface area (Å²) in [6.45, 7) is 0. The highest BCUT2D eigenvalue weighted by Crippen LogP contribution is 2.35. The number of fused-ring (bicyclic) bond motifs is 1. The van der Waals surface area contributed by atoms with Crippen molar-refractivity contribution in [2.24, 2.45) is 0 Å². The molecule has 1 heterocycles. The van der Waals surface area contributed by atoms with E-state index in [9.17, 15) is 4.79 Å². The van der Waals surface area contributed by atoms with Gasteiger partial charge < -0.3 is 9.47 Å². The van der Waals surface area contributed by atoms with Crippen LogP contribution in [0.1, 0.15) is 27.7 Å². The fourth-order valence-electron chi connectivity index (χ4n) is 3.23. The number of benzene rings is 3. The zero-order valence-electron chi connectivity index (χ0n) is 15.7. The average molecular weight is 448 g/mol. The quantitative estimate of drug-likeness (QED) is 0.354. The van der Waals surface area contributed by atoms with Crippen molar-refractivity contribution in [2.75, 3.05) is 7.11 Å². The van der Waals surface area contributed by atoms with Crippen molar-refractivity contribution in [1.29, 1.82) is 0 Å². The zero-order chi connectivity index (χ0) is 20.2. The summed E-state index contributed by atoms with van der Waals surface area (Å²) in [5.41, 5.74) is 1.97. The smallest absolute Gasteiger partial charge is 0.339 e. The van der Waals surface area contributed by atoms with Crippen molar-refractivity contribution >= 4 is 32.7 Å². The summed E-state index contributed by atoms with van der Waals surface area (Å²) in [5, 5.41) is 1.97. The summed E-state index contributed by atoms with van der Waals surface area (Å²) in [6.07, 6.45) is 1.07. The lowest BCUT2D eigenvalue weighted by molar-refractivity contribution is 0.0373. The number of aromatic nitrogens is 1. The monoisotopic (exact) mass is 447 g/mol. The number of pyridine rings is 1. The molecule has 4 rings (SSSR count). The third-order valence-electron chi connectivity index (χ3n) is 4.67. The number of nitrogens with zero attached hydrogens (tertiary/aromatic N) is 1. The molecule has 1 aromatic heterocycles. The van der Waals surface area contributed by atoms with E-state index in [0.717, 1.165) is 20.8 Å². The van der Waals surface area contributed by atoms with Crippen molar-refractivity contribution in [3.63, 3.8) is 0 Å². The Kier molecular flexibility index (Phi) is 5.58. The summed E-state index contributed by atoms with van der Waals surface area (Å²) in [6, 6.07) is 24.4. The van der Waals surface area contributed by atoms with Crippen LogP contribution in [0.25, 0.3) is 10.8 Å². The van der Waals surface area contributed by atoms with Crippen LogP contribution in [-0.2, 0) is 4.74 Å². The SMILES string of the molecule is COc1ccc(C(OC(=O)c2ccccc2)c2nccc3ccccc23)cc1Br. The van der Waals surface area contributed by atoms with Crippen molar-refractivity contribution in [2.45, 2.75) is 6.10 Å². The minimum Gasteiger partial charge on any atom is -0.496 e. The lowest BCUT2D eigenvalue weighted by Crippen LogP contribution is -2.14. The zero-order valence-corrected chi connectivity index (χ0v) is 17.3. The van der Waals surface area contributed by atoms with Crippen molar-refractivity contribution in [3.05, 3.63) is 106 Å². The Morgan fingerprint density at radius 2 is 1.72 bits per heavy atom. The Hall–Kier alpha value is -3.18. The van der Waals surface area contributed by atoms with E-state index in [1.54, 1.807) is 25.4 Å². The van der Waals surface area contributed by atoms with Crippen LogP contribution in [0.2, 0.25) is 0 Å². The highest BCUT2D eigenvalue weighted by Gasteiger charge is 2.24. The van der Waals surface area contributed by atoms with Crippen LogP contribution in [0, 0.1) is 0 Å². The molecular formula is C24H18BrNO3. The van der Waals surface area contributed by atoms with Crippen LogP contribution >= 0.6 is 15.9 Å². The molecule has 1 atom stereocenters. The maximum absolute atomic E-state index is 12.9. The summed E-state index contributed by atoms with van der Waals surface area (Å²) in [5.74, 6) is 0.296. The molecule has 0 N–H and O–H groups in total. The van der Waals surface area contributed by atoms with E-state index in [1.807, 2.05) is 66.7 Å². The van der Waals surface area contributed by atoms with E-state index in [0.29, 0.717) is 17.0 Å². The first kappa shape index (κ1) is 19.2. The van der Waals surface area contributed by atoms with Gasteiger partial charge in [0.2, 0.25) is 0 Å². The Balaban J connectivity index is 1.82. The Labute approximate surface area is 177 Å². The Bertz CT molecular complexity index is 1160. The molecule has 29 heavy (non-hydrogen) atoms.